The number of aliphatic hydroxyl groups excluding tert-OH is 1. The molecule has 1 N–H and O–H groups in total. The molecule has 28 heavy (non-hydrogen) atoms. The van der Waals surface area contributed by atoms with Crippen LogP contribution in [0.1, 0.15) is 56.6 Å². The lowest BCUT2D eigenvalue weighted by Crippen LogP contribution is -2.13. The van der Waals surface area contributed by atoms with Gasteiger partial charge in [-0.15, -0.1) is 0 Å². The predicted octanol–water partition coefficient (Wildman–Crippen LogP) is 5.11. The van der Waals surface area contributed by atoms with Crippen LogP contribution in [0, 0.1) is 0 Å². The van der Waals surface area contributed by atoms with Gasteiger partial charge in [-0.1, -0.05) is 62.6 Å². The third kappa shape index (κ3) is 7.73. The lowest BCUT2D eigenvalue weighted by molar-refractivity contribution is -0.121. The summed E-state index contributed by atoms with van der Waals surface area (Å²) in [6.45, 7) is 2.61. The maximum Gasteiger partial charge on any atom is 0.161 e. The van der Waals surface area contributed by atoms with Crippen LogP contribution >= 0.6 is 0 Å². The Kier molecular flexibility index (Phi) is 9.56. The highest BCUT2D eigenvalue weighted by molar-refractivity contribution is 5.79. The van der Waals surface area contributed by atoms with Crippen molar-refractivity contribution in [2.24, 2.45) is 0 Å². The monoisotopic (exact) mass is 384 g/mol. The van der Waals surface area contributed by atoms with Crippen molar-refractivity contribution in [3.05, 3.63) is 59.7 Å². The summed E-state index contributed by atoms with van der Waals surface area (Å²) < 4.78 is 11.3. The standard InChI is InChI=1S/C24H32O4/c1-3-4-6-11-21(25)17-22(26)14-12-19-13-15-23(24(16-19)27-2)28-18-20-9-7-5-8-10-20/h5,7-10,13,15-16,21,25H,3-4,6,11-12,14,17-18H2,1-2H3. The molecule has 0 saturated carbocycles. The van der Waals surface area contributed by atoms with Gasteiger partial charge in [0.2, 0.25) is 0 Å². The topological polar surface area (TPSA) is 55.8 Å². The molecule has 0 fully saturated rings. The number of Topliss-reactive ketones (excluding diaryl/α,β-unsaturated/α-hetero) is 1. The van der Waals surface area contributed by atoms with Gasteiger partial charge in [0.25, 0.3) is 0 Å². The van der Waals surface area contributed by atoms with Gasteiger partial charge in [-0.05, 0) is 36.1 Å². The maximum atomic E-state index is 12.1. The molecule has 0 spiro atoms. The molecule has 0 aromatic heterocycles. The normalized spacial score (nSPS) is 11.8. The van der Waals surface area contributed by atoms with Crippen LogP contribution in [-0.4, -0.2) is 24.1 Å². The van der Waals surface area contributed by atoms with Crippen LogP contribution in [0.15, 0.2) is 48.5 Å². The Morgan fingerprint density at radius 1 is 1.04 bits per heavy atom. The second-order valence-corrected chi connectivity index (χ2v) is 7.15. The zero-order valence-corrected chi connectivity index (χ0v) is 17.0. The molecule has 4 nitrogen and oxygen atoms in total. The maximum absolute atomic E-state index is 12.1. The van der Waals surface area contributed by atoms with Gasteiger partial charge in [-0.25, -0.2) is 0 Å². The Hall–Kier alpha value is -2.33. The van der Waals surface area contributed by atoms with E-state index in [1.807, 2.05) is 48.5 Å². The lowest BCUT2D eigenvalue weighted by atomic mass is 10.0. The average molecular weight is 385 g/mol. The fourth-order valence-electron chi connectivity index (χ4n) is 3.10. The first-order valence-electron chi connectivity index (χ1n) is 10.2. The summed E-state index contributed by atoms with van der Waals surface area (Å²) in [4.78, 5) is 12.1. The number of rotatable bonds is 13. The number of hydrogen-bond donors (Lipinski definition) is 1. The number of aryl methyl sites for hydroxylation is 1. The van der Waals surface area contributed by atoms with Crippen molar-refractivity contribution in [2.45, 2.75) is 64.6 Å². The summed E-state index contributed by atoms with van der Waals surface area (Å²) in [5, 5.41) is 9.96. The number of unbranched alkanes of at least 4 members (excludes halogenated alkanes) is 2. The molecule has 4 heteroatoms. The van der Waals surface area contributed by atoms with E-state index < -0.39 is 6.10 Å². The molecule has 2 aromatic carbocycles. The van der Waals surface area contributed by atoms with E-state index >= 15 is 0 Å². The number of ether oxygens (including phenoxy) is 2. The quantitative estimate of drug-likeness (QED) is 0.488. The Balaban J connectivity index is 1.83. The van der Waals surface area contributed by atoms with Crippen molar-refractivity contribution < 1.29 is 19.4 Å². The van der Waals surface area contributed by atoms with E-state index in [0.717, 1.165) is 30.4 Å². The van der Waals surface area contributed by atoms with Crippen LogP contribution in [0.5, 0.6) is 11.5 Å². The summed E-state index contributed by atoms with van der Waals surface area (Å²) in [5.74, 6) is 1.46. The minimum atomic E-state index is -0.512. The van der Waals surface area contributed by atoms with E-state index in [0.29, 0.717) is 37.4 Å². The molecule has 1 unspecified atom stereocenters. The number of carbonyl (C=O) groups is 1. The molecule has 0 saturated heterocycles. The molecule has 0 bridgehead atoms. The van der Waals surface area contributed by atoms with Crippen LogP contribution in [0.3, 0.4) is 0 Å². The lowest BCUT2D eigenvalue weighted by Gasteiger charge is -2.13. The van der Waals surface area contributed by atoms with E-state index in [1.54, 1.807) is 7.11 Å². The van der Waals surface area contributed by atoms with E-state index in [-0.39, 0.29) is 12.2 Å². The SMILES string of the molecule is CCCCCC(O)CC(=O)CCc1ccc(OCc2ccccc2)c(OC)c1. The minimum Gasteiger partial charge on any atom is -0.493 e. The van der Waals surface area contributed by atoms with Gasteiger partial charge in [-0.3, -0.25) is 4.79 Å². The van der Waals surface area contributed by atoms with Crippen LogP contribution in [0.2, 0.25) is 0 Å². The highest BCUT2D eigenvalue weighted by Gasteiger charge is 2.12. The third-order valence-electron chi connectivity index (χ3n) is 4.76. The zero-order valence-electron chi connectivity index (χ0n) is 17.0. The Bertz CT molecular complexity index is 712. The van der Waals surface area contributed by atoms with Gasteiger partial charge < -0.3 is 14.6 Å². The number of hydrogen-bond acceptors (Lipinski definition) is 4. The van der Waals surface area contributed by atoms with Gasteiger partial charge in [0.15, 0.2) is 11.5 Å². The molecule has 0 radical (unpaired) electrons. The molecular formula is C24H32O4. The second-order valence-electron chi connectivity index (χ2n) is 7.15. The first kappa shape index (κ1) is 22.0. The smallest absolute Gasteiger partial charge is 0.161 e. The molecule has 2 rings (SSSR count). The van der Waals surface area contributed by atoms with E-state index in [2.05, 4.69) is 6.92 Å². The van der Waals surface area contributed by atoms with Gasteiger partial charge in [0.1, 0.15) is 12.4 Å². The van der Waals surface area contributed by atoms with Gasteiger partial charge in [0.05, 0.1) is 13.2 Å². The average Bonchev–Trinajstić information content (AvgIpc) is 2.72. The van der Waals surface area contributed by atoms with Crippen LogP contribution < -0.4 is 9.47 Å². The molecule has 152 valence electrons. The number of benzene rings is 2. The number of ketones is 1. The van der Waals surface area contributed by atoms with Crippen molar-refractivity contribution in [1.82, 2.24) is 0 Å². The highest BCUT2D eigenvalue weighted by Crippen LogP contribution is 2.29. The predicted molar refractivity (Wildman–Crippen MR) is 112 cm³/mol. The third-order valence-corrected chi connectivity index (χ3v) is 4.76. The zero-order chi connectivity index (χ0) is 20.2. The van der Waals surface area contributed by atoms with Gasteiger partial charge in [-0.2, -0.15) is 0 Å². The Morgan fingerprint density at radius 3 is 2.54 bits per heavy atom. The number of methoxy groups -OCH3 is 1. The summed E-state index contributed by atoms with van der Waals surface area (Å²) in [6.07, 6.45) is 4.71. The van der Waals surface area contributed by atoms with Crippen molar-refractivity contribution in [3.63, 3.8) is 0 Å². The fraction of sp³-hybridized carbons (Fsp3) is 0.458. The number of carbonyl (C=O) groups excluding carboxylic acids is 1. The largest absolute Gasteiger partial charge is 0.493 e. The first-order chi connectivity index (χ1) is 13.6. The summed E-state index contributed by atoms with van der Waals surface area (Å²) in [7, 11) is 1.62. The number of aliphatic hydroxyl groups is 1. The first-order valence-corrected chi connectivity index (χ1v) is 10.2. The van der Waals surface area contributed by atoms with E-state index in [1.165, 1.54) is 0 Å². The summed E-state index contributed by atoms with van der Waals surface area (Å²) >= 11 is 0. The van der Waals surface area contributed by atoms with Gasteiger partial charge in [0, 0.05) is 12.8 Å². The van der Waals surface area contributed by atoms with Crippen molar-refractivity contribution >= 4 is 5.78 Å². The molecule has 0 amide bonds. The van der Waals surface area contributed by atoms with Crippen molar-refractivity contribution in [2.75, 3.05) is 7.11 Å². The molecule has 0 aliphatic carbocycles. The molecule has 1 atom stereocenters. The summed E-state index contributed by atoms with van der Waals surface area (Å²) in [5.41, 5.74) is 2.12. The Labute approximate surface area is 168 Å². The van der Waals surface area contributed by atoms with Crippen molar-refractivity contribution in [3.8, 4) is 11.5 Å². The molecule has 0 aliphatic rings. The van der Waals surface area contributed by atoms with Crippen LogP contribution in [0.25, 0.3) is 0 Å². The molecular weight excluding hydrogens is 352 g/mol. The van der Waals surface area contributed by atoms with E-state index in [4.69, 9.17) is 9.47 Å². The van der Waals surface area contributed by atoms with Crippen LogP contribution in [-0.2, 0) is 17.8 Å². The minimum absolute atomic E-state index is 0.104. The fourth-order valence-corrected chi connectivity index (χ4v) is 3.10. The second kappa shape index (κ2) is 12.2. The summed E-state index contributed by atoms with van der Waals surface area (Å²) in [6, 6.07) is 15.8. The Morgan fingerprint density at radius 2 is 1.82 bits per heavy atom. The molecule has 0 aliphatic heterocycles. The van der Waals surface area contributed by atoms with E-state index in [9.17, 15) is 9.90 Å². The highest BCUT2D eigenvalue weighted by atomic mass is 16.5. The molecule has 2 aromatic rings. The van der Waals surface area contributed by atoms with Crippen molar-refractivity contribution in [1.29, 1.82) is 0 Å². The van der Waals surface area contributed by atoms with Gasteiger partial charge >= 0.3 is 0 Å². The van der Waals surface area contributed by atoms with Crippen LogP contribution in [0.4, 0.5) is 0 Å². The molecule has 0 heterocycles.